The molecule has 1 aliphatic rings. The van der Waals surface area contributed by atoms with E-state index in [0.29, 0.717) is 12.0 Å². The molecule has 0 saturated heterocycles. The summed E-state index contributed by atoms with van der Waals surface area (Å²) in [7, 11) is 1.97. The first-order chi connectivity index (χ1) is 7.33. The van der Waals surface area contributed by atoms with E-state index in [1.807, 2.05) is 13.1 Å². The van der Waals surface area contributed by atoms with E-state index in [4.69, 9.17) is 0 Å². The van der Waals surface area contributed by atoms with E-state index in [0.717, 1.165) is 19.3 Å². The van der Waals surface area contributed by atoms with Crippen LogP contribution in [0, 0.1) is 5.92 Å². The summed E-state index contributed by atoms with van der Waals surface area (Å²) in [5.74, 6) is 0.373. The zero-order valence-electron chi connectivity index (χ0n) is 9.19. The number of nitrogens with one attached hydrogen (secondary N) is 1. The first-order valence-corrected chi connectivity index (χ1v) is 5.73. The second kappa shape index (κ2) is 4.77. The van der Waals surface area contributed by atoms with Crippen molar-refractivity contribution in [2.75, 3.05) is 7.05 Å². The summed E-state index contributed by atoms with van der Waals surface area (Å²) in [4.78, 5) is 0. The van der Waals surface area contributed by atoms with E-state index in [9.17, 15) is 5.11 Å². The summed E-state index contributed by atoms with van der Waals surface area (Å²) in [5.41, 5.74) is 1.28. The quantitative estimate of drug-likeness (QED) is 0.792. The van der Waals surface area contributed by atoms with Crippen molar-refractivity contribution in [2.45, 2.75) is 31.4 Å². The normalized spacial score (nSPS) is 27.9. The van der Waals surface area contributed by atoms with Crippen molar-refractivity contribution in [2.24, 2.45) is 5.92 Å². The fourth-order valence-corrected chi connectivity index (χ4v) is 2.65. The van der Waals surface area contributed by atoms with E-state index in [1.165, 1.54) is 5.56 Å². The van der Waals surface area contributed by atoms with Crippen molar-refractivity contribution in [3.63, 3.8) is 0 Å². The molecule has 0 amide bonds. The zero-order valence-corrected chi connectivity index (χ0v) is 9.19. The van der Waals surface area contributed by atoms with Crippen LogP contribution in [0.4, 0.5) is 0 Å². The largest absolute Gasteiger partial charge is 0.393 e. The number of aliphatic hydroxyl groups is 1. The van der Waals surface area contributed by atoms with Crippen molar-refractivity contribution < 1.29 is 5.11 Å². The Morgan fingerprint density at radius 2 is 2.00 bits per heavy atom. The third-order valence-electron chi connectivity index (χ3n) is 3.43. The van der Waals surface area contributed by atoms with Gasteiger partial charge in [0.2, 0.25) is 0 Å². The topological polar surface area (TPSA) is 32.3 Å². The molecular weight excluding hydrogens is 186 g/mol. The van der Waals surface area contributed by atoms with Gasteiger partial charge in [-0.05, 0) is 25.5 Å². The molecule has 0 heterocycles. The van der Waals surface area contributed by atoms with Crippen molar-refractivity contribution >= 4 is 0 Å². The molecule has 15 heavy (non-hydrogen) atoms. The number of hydrogen-bond acceptors (Lipinski definition) is 2. The van der Waals surface area contributed by atoms with Crippen LogP contribution in [0.15, 0.2) is 30.3 Å². The SMILES string of the molecule is CN[C@H](c1ccccc1)[C@@H]1CCC[C@@H]1O. The number of aliphatic hydroxyl groups excluding tert-OH is 1. The van der Waals surface area contributed by atoms with E-state index >= 15 is 0 Å². The van der Waals surface area contributed by atoms with Gasteiger partial charge >= 0.3 is 0 Å². The highest BCUT2D eigenvalue weighted by molar-refractivity contribution is 5.20. The highest BCUT2D eigenvalue weighted by Crippen LogP contribution is 2.35. The van der Waals surface area contributed by atoms with Gasteiger partial charge < -0.3 is 10.4 Å². The molecule has 0 spiro atoms. The minimum absolute atomic E-state index is 0.136. The smallest absolute Gasteiger partial charge is 0.0586 e. The van der Waals surface area contributed by atoms with E-state index in [2.05, 4.69) is 29.6 Å². The molecule has 2 nitrogen and oxygen atoms in total. The van der Waals surface area contributed by atoms with Crippen LogP contribution < -0.4 is 5.32 Å². The van der Waals surface area contributed by atoms with Gasteiger partial charge in [-0.15, -0.1) is 0 Å². The summed E-state index contributed by atoms with van der Waals surface area (Å²) in [5, 5.41) is 13.2. The maximum Gasteiger partial charge on any atom is 0.0586 e. The van der Waals surface area contributed by atoms with Crippen LogP contribution in [0.1, 0.15) is 30.9 Å². The Hall–Kier alpha value is -0.860. The molecule has 0 unspecified atom stereocenters. The Morgan fingerprint density at radius 1 is 1.27 bits per heavy atom. The van der Waals surface area contributed by atoms with Crippen LogP contribution in [-0.2, 0) is 0 Å². The Balaban J connectivity index is 2.17. The van der Waals surface area contributed by atoms with Gasteiger partial charge in [-0.3, -0.25) is 0 Å². The average molecular weight is 205 g/mol. The highest BCUT2D eigenvalue weighted by Gasteiger charge is 2.32. The number of hydrogen-bond donors (Lipinski definition) is 2. The van der Waals surface area contributed by atoms with Crippen molar-refractivity contribution in [1.29, 1.82) is 0 Å². The van der Waals surface area contributed by atoms with Gasteiger partial charge in [0.1, 0.15) is 0 Å². The molecule has 0 bridgehead atoms. The lowest BCUT2D eigenvalue weighted by atomic mass is 9.90. The van der Waals surface area contributed by atoms with Gasteiger partial charge in [-0.1, -0.05) is 36.8 Å². The Bertz CT molecular complexity index is 299. The molecule has 2 rings (SSSR count). The summed E-state index contributed by atoms with van der Waals surface area (Å²) >= 11 is 0. The van der Waals surface area contributed by atoms with Crippen molar-refractivity contribution in [3.05, 3.63) is 35.9 Å². The second-order valence-corrected chi connectivity index (χ2v) is 4.34. The van der Waals surface area contributed by atoms with E-state index in [-0.39, 0.29) is 6.10 Å². The summed E-state index contributed by atoms with van der Waals surface area (Å²) < 4.78 is 0. The Labute approximate surface area is 91.3 Å². The van der Waals surface area contributed by atoms with Crippen LogP contribution in [0.2, 0.25) is 0 Å². The van der Waals surface area contributed by atoms with Crippen LogP contribution >= 0.6 is 0 Å². The van der Waals surface area contributed by atoms with Crippen LogP contribution in [0.25, 0.3) is 0 Å². The van der Waals surface area contributed by atoms with Gasteiger partial charge in [0.15, 0.2) is 0 Å². The molecule has 2 heteroatoms. The predicted octanol–water partition coefficient (Wildman–Crippen LogP) is 2.11. The molecule has 1 aliphatic carbocycles. The first kappa shape index (κ1) is 10.7. The monoisotopic (exact) mass is 205 g/mol. The summed E-state index contributed by atoms with van der Waals surface area (Å²) in [6.07, 6.45) is 3.09. The highest BCUT2D eigenvalue weighted by atomic mass is 16.3. The van der Waals surface area contributed by atoms with Gasteiger partial charge in [-0.25, -0.2) is 0 Å². The summed E-state index contributed by atoms with van der Waals surface area (Å²) in [6, 6.07) is 10.7. The lowest BCUT2D eigenvalue weighted by molar-refractivity contribution is 0.111. The first-order valence-electron chi connectivity index (χ1n) is 5.73. The number of benzene rings is 1. The van der Waals surface area contributed by atoms with E-state index < -0.39 is 0 Å². The van der Waals surface area contributed by atoms with E-state index in [1.54, 1.807) is 0 Å². The Kier molecular flexibility index (Phi) is 3.39. The predicted molar refractivity (Wildman–Crippen MR) is 61.6 cm³/mol. The molecule has 1 fully saturated rings. The molecule has 82 valence electrons. The van der Waals surface area contributed by atoms with Gasteiger partial charge in [-0.2, -0.15) is 0 Å². The standard InChI is InChI=1S/C13H19NO/c1-14-13(10-6-3-2-4-7-10)11-8-5-9-12(11)15/h2-4,6-7,11-15H,5,8-9H2,1H3/t11-,12+,13-/m1/s1. The minimum atomic E-state index is -0.136. The van der Waals surface area contributed by atoms with Gasteiger partial charge in [0.25, 0.3) is 0 Å². The van der Waals surface area contributed by atoms with Gasteiger partial charge in [0, 0.05) is 12.0 Å². The lowest BCUT2D eigenvalue weighted by Gasteiger charge is -2.26. The maximum absolute atomic E-state index is 9.91. The van der Waals surface area contributed by atoms with Crippen LogP contribution in [0.5, 0.6) is 0 Å². The molecule has 1 aromatic rings. The molecule has 3 atom stereocenters. The van der Waals surface area contributed by atoms with Crippen LogP contribution in [0.3, 0.4) is 0 Å². The summed E-state index contributed by atoms with van der Waals surface area (Å²) in [6.45, 7) is 0. The number of rotatable bonds is 3. The maximum atomic E-state index is 9.91. The molecule has 0 aromatic heterocycles. The minimum Gasteiger partial charge on any atom is -0.393 e. The zero-order chi connectivity index (χ0) is 10.7. The van der Waals surface area contributed by atoms with Crippen molar-refractivity contribution in [1.82, 2.24) is 5.32 Å². The molecular formula is C13H19NO. The average Bonchev–Trinajstić information content (AvgIpc) is 2.68. The second-order valence-electron chi connectivity index (χ2n) is 4.34. The van der Waals surface area contributed by atoms with Gasteiger partial charge in [0.05, 0.1) is 6.10 Å². The molecule has 1 saturated carbocycles. The third kappa shape index (κ3) is 2.21. The molecule has 0 radical (unpaired) electrons. The van der Waals surface area contributed by atoms with Crippen LogP contribution in [-0.4, -0.2) is 18.3 Å². The molecule has 2 N–H and O–H groups in total. The third-order valence-corrected chi connectivity index (χ3v) is 3.43. The fraction of sp³-hybridized carbons (Fsp3) is 0.538. The Morgan fingerprint density at radius 3 is 2.53 bits per heavy atom. The lowest BCUT2D eigenvalue weighted by Crippen LogP contribution is -2.30. The fourth-order valence-electron chi connectivity index (χ4n) is 2.65. The molecule has 1 aromatic carbocycles. The molecule has 0 aliphatic heterocycles. The van der Waals surface area contributed by atoms with Crippen molar-refractivity contribution in [3.8, 4) is 0 Å².